The largest absolute Gasteiger partial charge is 0.421 e. The van der Waals surface area contributed by atoms with Crippen LogP contribution in [0, 0.1) is 12.8 Å². The zero-order valence-corrected chi connectivity index (χ0v) is 12.6. The number of hydrogen-bond acceptors (Lipinski definition) is 4. The van der Waals surface area contributed by atoms with Crippen LogP contribution in [-0.4, -0.2) is 21.3 Å². The molecule has 20 heavy (non-hydrogen) atoms. The second-order valence-electron chi connectivity index (χ2n) is 5.38. The minimum absolute atomic E-state index is 0.594. The van der Waals surface area contributed by atoms with E-state index >= 15 is 0 Å². The summed E-state index contributed by atoms with van der Waals surface area (Å²) in [4.78, 5) is 4.24. The lowest BCUT2D eigenvalue weighted by Gasteiger charge is -2.09. The fraction of sp³-hybridized carbons (Fsp3) is 0.467. The number of ether oxygens (including phenoxy) is 1. The van der Waals surface area contributed by atoms with Crippen molar-refractivity contribution in [3.63, 3.8) is 0 Å². The number of pyridine rings is 1. The molecule has 0 aliphatic heterocycles. The summed E-state index contributed by atoms with van der Waals surface area (Å²) in [5.41, 5.74) is 2.09. The lowest BCUT2D eigenvalue weighted by Crippen LogP contribution is -2.18. The standard InChI is InChI=1S/C15H22N4O/c1-11(2)9-16-10-13-5-6-17-14(8-13)20-15-7-12(3)18-19(15)4/h5-8,11,16H,9-10H2,1-4H3. The summed E-state index contributed by atoms with van der Waals surface area (Å²) < 4.78 is 7.47. The van der Waals surface area contributed by atoms with Crippen LogP contribution in [-0.2, 0) is 13.6 Å². The Morgan fingerprint density at radius 2 is 2.15 bits per heavy atom. The SMILES string of the molecule is Cc1cc(Oc2cc(CNCC(C)C)ccn2)n(C)n1. The summed E-state index contributed by atoms with van der Waals surface area (Å²) >= 11 is 0. The Labute approximate surface area is 120 Å². The highest BCUT2D eigenvalue weighted by molar-refractivity contribution is 5.25. The average molecular weight is 274 g/mol. The molecule has 0 aromatic carbocycles. The van der Waals surface area contributed by atoms with Crippen LogP contribution < -0.4 is 10.1 Å². The third kappa shape index (κ3) is 4.06. The van der Waals surface area contributed by atoms with Gasteiger partial charge in [-0.05, 0) is 31.0 Å². The molecule has 0 unspecified atom stereocenters. The zero-order valence-electron chi connectivity index (χ0n) is 12.6. The lowest BCUT2D eigenvalue weighted by atomic mass is 10.2. The van der Waals surface area contributed by atoms with Crippen molar-refractivity contribution < 1.29 is 4.74 Å². The van der Waals surface area contributed by atoms with Gasteiger partial charge < -0.3 is 10.1 Å². The molecule has 1 N–H and O–H groups in total. The number of nitrogens with one attached hydrogen (secondary N) is 1. The summed E-state index contributed by atoms with van der Waals surface area (Å²) in [6.07, 6.45) is 1.77. The van der Waals surface area contributed by atoms with Crippen LogP contribution in [0.2, 0.25) is 0 Å². The van der Waals surface area contributed by atoms with Crippen molar-refractivity contribution in [2.24, 2.45) is 13.0 Å². The minimum Gasteiger partial charge on any atom is -0.421 e. The van der Waals surface area contributed by atoms with Gasteiger partial charge in [0.15, 0.2) is 0 Å². The average Bonchev–Trinajstić information content (AvgIpc) is 2.68. The van der Waals surface area contributed by atoms with Gasteiger partial charge in [0.05, 0.1) is 5.69 Å². The second-order valence-corrected chi connectivity index (χ2v) is 5.38. The van der Waals surface area contributed by atoms with Gasteiger partial charge >= 0.3 is 0 Å². The smallest absolute Gasteiger partial charge is 0.221 e. The molecule has 5 nitrogen and oxygen atoms in total. The highest BCUT2D eigenvalue weighted by Crippen LogP contribution is 2.20. The molecule has 0 saturated heterocycles. The topological polar surface area (TPSA) is 52.0 Å². The van der Waals surface area contributed by atoms with Crippen LogP contribution in [0.25, 0.3) is 0 Å². The van der Waals surface area contributed by atoms with Gasteiger partial charge in [-0.3, -0.25) is 0 Å². The Kier molecular flexibility index (Phi) is 4.74. The molecule has 0 atom stereocenters. The fourth-order valence-electron chi connectivity index (χ4n) is 1.91. The van der Waals surface area contributed by atoms with Crippen molar-refractivity contribution in [1.82, 2.24) is 20.1 Å². The summed E-state index contributed by atoms with van der Waals surface area (Å²) in [5, 5.41) is 7.66. The zero-order chi connectivity index (χ0) is 14.5. The molecule has 0 spiro atoms. The molecule has 0 bridgehead atoms. The first-order valence-electron chi connectivity index (χ1n) is 6.88. The number of hydrogen-bond donors (Lipinski definition) is 1. The Hall–Kier alpha value is -1.88. The van der Waals surface area contributed by atoms with E-state index in [1.807, 2.05) is 32.2 Å². The highest BCUT2D eigenvalue weighted by Gasteiger charge is 2.06. The molecule has 2 aromatic rings. The van der Waals surface area contributed by atoms with Crippen LogP contribution in [0.4, 0.5) is 0 Å². The first-order valence-corrected chi connectivity index (χ1v) is 6.88. The number of nitrogens with zero attached hydrogens (tertiary/aromatic N) is 3. The van der Waals surface area contributed by atoms with Gasteiger partial charge in [-0.1, -0.05) is 13.8 Å². The van der Waals surface area contributed by atoms with E-state index in [0.29, 0.717) is 17.7 Å². The van der Waals surface area contributed by atoms with E-state index in [4.69, 9.17) is 4.74 Å². The fourth-order valence-corrected chi connectivity index (χ4v) is 1.91. The lowest BCUT2D eigenvalue weighted by molar-refractivity contribution is 0.414. The molecular formula is C15H22N4O. The van der Waals surface area contributed by atoms with Crippen LogP contribution in [0.15, 0.2) is 24.4 Å². The van der Waals surface area contributed by atoms with Gasteiger partial charge in [-0.2, -0.15) is 5.10 Å². The minimum atomic E-state index is 0.594. The monoisotopic (exact) mass is 274 g/mol. The Balaban J connectivity index is 2.00. The quantitative estimate of drug-likeness (QED) is 0.880. The van der Waals surface area contributed by atoms with Crippen LogP contribution >= 0.6 is 0 Å². The van der Waals surface area contributed by atoms with Crippen molar-refractivity contribution in [2.45, 2.75) is 27.3 Å². The highest BCUT2D eigenvalue weighted by atomic mass is 16.5. The predicted octanol–water partition coefficient (Wildman–Crippen LogP) is 2.66. The maximum Gasteiger partial charge on any atom is 0.221 e. The molecule has 2 aromatic heterocycles. The van der Waals surface area contributed by atoms with Gasteiger partial charge in [0.1, 0.15) is 0 Å². The van der Waals surface area contributed by atoms with E-state index in [9.17, 15) is 0 Å². The van der Waals surface area contributed by atoms with Gasteiger partial charge in [0, 0.05) is 31.9 Å². The van der Waals surface area contributed by atoms with Crippen molar-refractivity contribution in [2.75, 3.05) is 6.54 Å². The molecule has 2 heterocycles. The van der Waals surface area contributed by atoms with E-state index in [2.05, 4.69) is 29.2 Å². The normalized spacial score (nSPS) is 11.1. The Morgan fingerprint density at radius 3 is 2.80 bits per heavy atom. The summed E-state index contributed by atoms with van der Waals surface area (Å²) in [6.45, 7) is 8.14. The summed E-state index contributed by atoms with van der Waals surface area (Å²) in [6, 6.07) is 5.84. The Morgan fingerprint density at radius 1 is 1.35 bits per heavy atom. The number of aromatic nitrogens is 3. The van der Waals surface area contributed by atoms with Gasteiger partial charge in [0.2, 0.25) is 11.8 Å². The molecule has 0 radical (unpaired) electrons. The van der Waals surface area contributed by atoms with Gasteiger partial charge in [0.25, 0.3) is 0 Å². The first kappa shape index (κ1) is 14.5. The van der Waals surface area contributed by atoms with E-state index < -0.39 is 0 Å². The molecule has 2 rings (SSSR count). The van der Waals surface area contributed by atoms with E-state index in [0.717, 1.165) is 24.3 Å². The van der Waals surface area contributed by atoms with Crippen LogP contribution in [0.5, 0.6) is 11.8 Å². The van der Waals surface area contributed by atoms with Crippen LogP contribution in [0.1, 0.15) is 25.1 Å². The van der Waals surface area contributed by atoms with E-state index in [-0.39, 0.29) is 0 Å². The van der Waals surface area contributed by atoms with Crippen LogP contribution in [0.3, 0.4) is 0 Å². The van der Waals surface area contributed by atoms with Crippen molar-refractivity contribution >= 4 is 0 Å². The summed E-state index contributed by atoms with van der Waals surface area (Å²) in [7, 11) is 1.86. The molecule has 0 amide bonds. The van der Waals surface area contributed by atoms with Crippen molar-refractivity contribution in [3.05, 3.63) is 35.7 Å². The van der Waals surface area contributed by atoms with Gasteiger partial charge in [-0.25, -0.2) is 9.67 Å². The number of rotatable bonds is 6. The van der Waals surface area contributed by atoms with E-state index in [1.165, 1.54) is 0 Å². The molecule has 0 aliphatic rings. The van der Waals surface area contributed by atoms with Crippen molar-refractivity contribution in [1.29, 1.82) is 0 Å². The second kappa shape index (κ2) is 6.52. The van der Waals surface area contributed by atoms with Crippen molar-refractivity contribution in [3.8, 4) is 11.8 Å². The first-order chi connectivity index (χ1) is 9.54. The van der Waals surface area contributed by atoms with E-state index in [1.54, 1.807) is 10.9 Å². The molecule has 0 saturated carbocycles. The maximum atomic E-state index is 5.76. The third-order valence-corrected chi connectivity index (χ3v) is 2.85. The maximum absolute atomic E-state index is 5.76. The number of aryl methyl sites for hydroxylation is 2. The predicted molar refractivity (Wildman–Crippen MR) is 78.8 cm³/mol. The molecule has 108 valence electrons. The molecule has 0 aliphatic carbocycles. The third-order valence-electron chi connectivity index (χ3n) is 2.85. The molecular weight excluding hydrogens is 252 g/mol. The van der Waals surface area contributed by atoms with Gasteiger partial charge in [-0.15, -0.1) is 0 Å². The summed E-state index contributed by atoms with van der Waals surface area (Å²) in [5.74, 6) is 1.93. The molecule has 5 heteroatoms. The molecule has 0 fully saturated rings. The Bertz CT molecular complexity index is 563.